The van der Waals surface area contributed by atoms with Crippen molar-refractivity contribution in [3.63, 3.8) is 0 Å². The summed E-state index contributed by atoms with van der Waals surface area (Å²) in [5.74, 6) is -1.37. The molecule has 2 rings (SSSR count). The average molecular weight is 367 g/mol. The number of benzene rings is 1. The van der Waals surface area contributed by atoms with Gasteiger partial charge in [0, 0.05) is 18.3 Å². The number of halogens is 3. The maximum atomic E-state index is 12.8. The summed E-state index contributed by atoms with van der Waals surface area (Å²) in [5.41, 5.74) is 0.919. The Bertz CT molecular complexity index is 820. The van der Waals surface area contributed by atoms with Crippen molar-refractivity contribution in [2.24, 2.45) is 7.05 Å². The number of nitrogens with zero attached hydrogens (tertiary/aromatic N) is 1. The van der Waals surface area contributed by atoms with Crippen molar-refractivity contribution >= 4 is 11.8 Å². The quantitative estimate of drug-likeness (QED) is 0.586. The van der Waals surface area contributed by atoms with Gasteiger partial charge in [-0.05, 0) is 44.5 Å². The van der Waals surface area contributed by atoms with E-state index < -0.39 is 29.4 Å². The fourth-order valence-electron chi connectivity index (χ4n) is 2.86. The molecule has 1 aromatic carbocycles. The van der Waals surface area contributed by atoms with Crippen molar-refractivity contribution < 1.29 is 27.5 Å². The van der Waals surface area contributed by atoms with Crippen LogP contribution in [0.3, 0.4) is 0 Å². The van der Waals surface area contributed by atoms with Gasteiger partial charge in [0.15, 0.2) is 0 Å². The summed E-state index contributed by atoms with van der Waals surface area (Å²) in [6, 6.07) is 5.80. The van der Waals surface area contributed by atoms with E-state index in [-0.39, 0.29) is 12.2 Å². The molecule has 140 valence electrons. The molecule has 0 radical (unpaired) electrons. The molecule has 0 aliphatic rings. The smallest absolute Gasteiger partial charge is 0.416 e. The molecule has 26 heavy (non-hydrogen) atoms. The van der Waals surface area contributed by atoms with E-state index in [4.69, 9.17) is 4.74 Å². The number of carbonyl (C=O) groups is 2. The van der Waals surface area contributed by atoms with Crippen LogP contribution in [-0.4, -0.2) is 22.9 Å². The minimum atomic E-state index is -4.45. The summed E-state index contributed by atoms with van der Waals surface area (Å²) in [6.45, 7) is 5.36. The van der Waals surface area contributed by atoms with Crippen LogP contribution >= 0.6 is 0 Å². The lowest BCUT2D eigenvalue weighted by Crippen LogP contribution is -2.17. The van der Waals surface area contributed by atoms with Gasteiger partial charge in [0.2, 0.25) is 5.78 Å². The van der Waals surface area contributed by atoms with E-state index in [1.54, 1.807) is 38.5 Å². The van der Waals surface area contributed by atoms with Crippen LogP contribution < -0.4 is 0 Å². The molecule has 0 saturated carbocycles. The number of aromatic nitrogens is 1. The Labute approximate surface area is 149 Å². The number of ketones is 1. The molecule has 0 spiro atoms. The fraction of sp³-hybridized carbons (Fsp3) is 0.368. The van der Waals surface area contributed by atoms with E-state index in [9.17, 15) is 22.8 Å². The molecule has 0 saturated heterocycles. The molecule has 1 unspecified atom stereocenters. The zero-order chi connectivity index (χ0) is 19.6. The highest BCUT2D eigenvalue weighted by molar-refractivity contribution is 6.09. The lowest BCUT2D eigenvalue weighted by molar-refractivity contribution is -0.144. The second-order valence-corrected chi connectivity index (χ2v) is 6.04. The number of carbonyl (C=O) groups excluding carboxylic acids is 2. The summed E-state index contributed by atoms with van der Waals surface area (Å²) in [4.78, 5) is 24.7. The van der Waals surface area contributed by atoms with Gasteiger partial charge in [-0.3, -0.25) is 9.59 Å². The third-order valence-corrected chi connectivity index (χ3v) is 4.23. The van der Waals surface area contributed by atoms with Crippen LogP contribution in [0.4, 0.5) is 13.2 Å². The third-order valence-electron chi connectivity index (χ3n) is 4.23. The maximum Gasteiger partial charge on any atom is 0.416 e. The molecule has 0 aliphatic carbocycles. The Morgan fingerprint density at radius 1 is 1.19 bits per heavy atom. The van der Waals surface area contributed by atoms with E-state index in [0.29, 0.717) is 17.0 Å². The van der Waals surface area contributed by atoms with Gasteiger partial charge < -0.3 is 9.30 Å². The Morgan fingerprint density at radius 2 is 1.77 bits per heavy atom. The normalized spacial score (nSPS) is 12.7. The van der Waals surface area contributed by atoms with Gasteiger partial charge in [-0.2, -0.15) is 13.2 Å². The molecular formula is C19H20F3NO3. The molecule has 2 aromatic rings. The molecule has 7 heteroatoms. The third kappa shape index (κ3) is 3.81. The zero-order valence-electron chi connectivity index (χ0n) is 15.0. The number of esters is 1. The molecule has 0 N–H and O–H groups in total. The summed E-state index contributed by atoms with van der Waals surface area (Å²) in [5, 5.41) is 0. The van der Waals surface area contributed by atoms with Gasteiger partial charge in [0.1, 0.15) is 0 Å². The largest absolute Gasteiger partial charge is 0.465 e. The Hall–Kier alpha value is -2.57. The number of aryl methyl sites for hydroxylation is 1. The van der Waals surface area contributed by atoms with Crippen molar-refractivity contribution in [1.82, 2.24) is 4.57 Å². The monoisotopic (exact) mass is 367 g/mol. The molecule has 0 aliphatic heterocycles. The highest BCUT2D eigenvalue weighted by Crippen LogP contribution is 2.30. The Morgan fingerprint density at radius 3 is 2.27 bits per heavy atom. The van der Waals surface area contributed by atoms with Crippen LogP contribution in [0.25, 0.3) is 0 Å². The zero-order valence-corrected chi connectivity index (χ0v) is 15.0. The van der Waals surface area contributed by atoms with Crippen LogP contribution in [-0.2, 0) is 22.8 Å². The first-order valence-corrected chi connectivity index (χ1v) is 8.12. The molecule has 1 heterocycles. The van der Waals surface area contributed by atoms with Crippen molar-refractivity contribution in [3.05, 3.63) is 58.4 Å². The standard InChI is InChI=1S/C19H20F3NO3/c1-5-26-18(25)12(3)15-10-11(2)16(23(15)4)17(24)13-6-8-14(9-7-13)19(20,21)22/h6-10,12H,5H2,1-4H3. The van der Waals surface area contributed by atoms with Crippen molar-refractivity contribution in [2.45, 2.75) is 32.9 Å². The van der Waals surface area contributed by atoms with Gasteiger partial charge in [0.25, 0.3) is 0 Å². The first-order valence-electron chi connectivity index (χ1n) is 8.12. The van der Waals surface area contributed by atoms with Crippen LogP contribution in [0, 0.1) is 6.92 Å². The molecule has 0 fully saturated rings. The van der Waals surface area contributed by atoms with E-state index in [2.05, 4.69) is 0 Å². The second-order valence-electron chi connectivity index (χ2n) is 6.04. The van der Waals surface area contributed by atoms with E-state index >= 15 is 0 Å². The van der Waals surface area contributed by atoms with Crippen LogP contribution in [0.15, 0.2) is 30.3 Å². The predicted octanol–water partition coefficient (Wildman–Crippen LogP) is 4.25. The number of rotatable bonds is 5. The average Bonchev–Trinajstić information content (AvgIpc) is 2.87. The van der Waals surface area contributed by atoms with Gasteiger partial charge in [0.05, 0.1) is 23.8 Å². The van der Waals surface area contributed by atoms with Gasteiger partial charge in [-0.25, -0.2) is 0 Å². The first-order chi connectivity index (χ1) is 12.1. The molecule has 4 nitrogen and oxygen atoms in total. The molecule has 0 bridgehead atoms. The maximum absolute atomic E-state index is 12.8. The Balaban J connectivity index is 2.37. The van der Waals surface area contributed by atoms with Crippen molar-refractivity contribution in [3.8, 4) is 0 Å². The number of hydrogen-bond acceptors (Lipinski definition) is 3. The number of hydrogen-bond donors (Lipinski definition) is 0. The lowest BCUT2D eigenvalue weighted by Gasteiger charge is -2.13. The SMILES string of the molecule is CCOC(=O)C(C)c1cc(C)c(C(=O)c2ccc(C(F)(F)F)cc2)n1C. The molecule has 1 atom stereocenters. The minimum Gasteiger partial charge on any atom is -0.465 e. The highest BCUT2D eigenvalue weighted by Gasteiger charge is 2.31. The summed E-state index contributed by atoms with van der Waals surface area (Å²) < 4.78 is 44.6. The van der Waals surface area contributed by atoms with Crippen molar-refractivity contribution in [1.29, 1.82) is 0 Å². The second kappa shape index (κ2) is 7.35. The summed E-state index contributed by atoms with van der Waals surface area (Å²) in [6.07, 6.45) is -4.45. The summed E-state index contributed by atoms with van der Waals surface area (Å²) >= 11 is 0. The van der Waals surface area contributed by atoms with Crippen LogP contribution in [0.1, 0.15) is 52.6 Å². The number of ether oxygens (including phenoxy) is 1. The number of alkyl halides is 3. The summed E-state index contributed by atoms with van der Waals surface area (Å²) in [7, 11) is 1.65. The Kier molecular flexibility index (Phi) is 5.59. The van der Waals surface area contributed by atoms with Gasteiger partial charge in [-0.1, -0.05) is 12.1 Å². The lowest BCUT2D eigenvalue weighted by atomic mass is 10.0. The minimum absolute atomic E-state index is 0.151. The molecular weight excluding hydrogens is 347 g/mol. The van der Waals surface area contributed by atoms with Crippen LogP contribution in [0.2, 0.25) is 0 Å². The van der Waals surface area contributed by atoms with E-state index in [1.807, 2.05) is 0 Å². The van der Waals surface area contributed by atoms with Crippen molar-refractivity contribution in [2.75, 3.05) is 6.61 Å². The fourth-order valence-corrected chi connectivity index (χ4v) is 2.86. The van der Waals surface area contributed by atoms with Crippen LogP contribution in [0.5, 0.6) is 0 Å². The topological polar surface area (TPSA) is 48.3 Å². The molecule has 0 amide bonds. The first kappa shape index (κ1) is 19.8. The van der Waals surface area contributed by atoms with Gasteiger partial charge >= 0.3 is 12.1 Å². The van der Waals surface area contributed by atoms with E-state index in [1.165, 1.54) is 0 Å². The van der Waals surface area contributed by atoms with Gasteiger partial charge in [-0.15, -0.1) is 0 Å². The highest BCUT2D eigenvalue weighted by atomic mass is 19.4. The van der Waals surface area contributed by atoms with E-state index in [0.717, 1.165) is 24.3 Å². The molecule has 1 aromatic heterocycles. The predicted molar refractivity (Wildman–Crippen MR) is 90.1 cm³/mol.